The fraction of sp³-hybridized carbons (Fsp3) is 0.818. The Morgan fingerprint density at radius 2 is 2.17 bits per heavy atom. The van der Waals surface area contributed by atoms with Crippen LogP contribution >= 0.6 is 0 Å². The molecule has 0 bridgehead atoms. The molecular formula is C11H18N2O4S. The maximum Gasteiger partial charge on any atom is 0.220 e. The van der Waals surface area contributed by atoms with Crippen LogP contribution < -0.4 is 10.6 Å². The molecule has 2 saturated heterocycles. The van der Waals surface area contributed by atoms with Gasteiger partial charge in [-0.2, -0.15) is 0 Å². The van der Waals surface area contributed by atoms with Crippen molar-refractivity contribution in [1.82, 2.24) is 10.6 Å². The van der Waals surface area contributed by atoms with Gasteiger partial charge in [0.25, 0.3) is 0 Å². The van der Waals surface area contributed by atoms with Gasteiger partial charge in [-0.1, -0.05) is 0 Å². The predicted molar refractivity (Wildman–Crippen MR) is 65.6 cm³/mol. The molecule has 18 heavy (non-hydrogen) atoms. The maximum atomic E-state index is 11.7. The molecule has 2 aliphatic heterocycles. The molecule has 0 aromatic rings. The summed E-state index contributed by atoms with van der Waals surface area (Å²) in [6.07, 6.45) is 1.93. The number of nitrogens with one attached hydrogen (secondary N) is 2. The van der Waals surface area contributed by atoms with Gasteiger partial charge < -0.3 is 10.6 Å². The van der Waals surface area contributed by atoms with Crippen molar-refractivity contribution in [2.24, 2.45) is 5.92 Å². The lowest BCUT2D eigenvalue weighted by molar-refractivity contribution is -0.126. The van der Waals surface area contributed by atoms with Gasteiger partial charge in [-0.25, -0.2) is 8.42 Å². The van der Waals surface area contributed by atoms with E-state index >= 15 is 0 Å². The Morgan fingerprint density at radius 3 is 2.72 bits per heavy atom. The fourth-order valence-corrected chi connectivity index (χ4v) is 4.30. The van der Waals surface area contributed by atoms with E-state index in [2.05, 4.69) is 10.6 Å². The largest absolute Gasteiger partial charge is 0.354 e. The molecular weight excluding hydrogens is 256 g/mol. The normalized spacial score (nSPS) is 30.8. The molecule has 6 nitrogen and oxygen atoms in total. The average Bonchev–Trinajstić information content (AvgIpc) is 2.61. The van der Waals surface area contributed by atoms with Gasteiger partial charge >= 0.3 is 0 Å². The predicted octanol–water partition coefficient (Wildman–Crippen LogP) is -0.794. The number of carbonyl (C=O) groups excluding carboxylic acids is 2. The van der Waals surface area contributed by atoms with Crippen molar-refractivity contribution < 1.29 is 18.0 Å². The summed E-state index contributed by atoms with van der Waals surface area (Å²) >= 11 is 0. The Bertz CT molecular complexity index is 436. The molecule has 2 unspecified atom stereocenters. The molecule has 102 valence electrons. The van der Waals surface area contributed by atoms with Crippen molar-refractivity contribution in [3.63, 3.8) is 0 Å². The quantitative estimate of drug-likeness (QED) is 0.705. The van der Waals surface area contributed by atoms with Crippen molar-refractivity contribution in [3.05, 3.63) is 0 Å². The molecule has 0 aliphatic carbocycles. The number of rotatable bonds is 3. The lowest BCUT2D eigenvalue weighted by Gasteiger charge is -2.23. The first-order valence-corrected chi connectivity index (χ1v) is 8.03. The van der Waals surface area contributed by atoms with Crippen LogP contribution in [0.4, 0.5) is 0 Å². The highest BCUT2D eigenvalue weighted by Gasteiger charge is 2.30. The van der Waals surface area contributed by atoms with Crippen LogP contribution in [-0.2, 0) is 19.4 Å². The van der Waals surface area contributed by atoms with E-state index < -0.39 is 9.84 Å². The molecule has 0 aromatic carbocycles. The first-order chi connectivity index (χ1) is 8.44. The Kier molecular flexibility index (Phi) is 3.89. The molecule has 2 N–H and O–H groups in total. The molecule has 2 rings (SSSR count). The zero-order chi connectivity index (χ0) is 13.2. The average molecular weight is 274 g/mol. The van der Waals surface area contributed by atoms with E-state index in [0.29, 0.717) is 25.8 Å². The number of carbonyl (C=O) groups is 2. The Balaban J connectivity index is 1.74. The smallest absolute Gasteiger partial charge is 0.220 e. The third-order valence-corrected chi connectivity index (χ3v) is 5.27. The Hall–Kier alpha value is -1.11. The van der Waals surface area contributed by atoms with Crippen molar-refractivity contribution in [2.45, 2.75) is 31.7 Å². The number of sulfone groups is 1. The van der Waals surface area contributed by atoms with E-state index in [-0.39, 0.29) is 41.7 Å². The molecule has 7 heteroatoms. The van der Waals surface area contributed by atoms with Crippen LogP contribution in [0.15, 0.2) is 0 Å². The standard InChI is InChI=1S/C11H18N2O4S/c14-10-2-1-9(6-12-10)13-11(15)5-8-3-4-18(16,17)7-8/h8-9H,1-7H2,(H,12,14)(H,13,15). The van der Waals surface area contributed by atoms with Crippen molar-refractivity contribution in [2.75, 3.05) is 18.1 Å². The second-order valence-corrected chi connectivity index (χ2v) is 7.31. The first-order valence-electron chi connectivity index (χ1n) is 6.21. The SMILES string of the molecule is O=C1CCC(NC(=O)CC2CCS(=O)(=O)C2)CN1. The molecule has 2 fully saturated rings. The van der Waals surface area contributed by atoms with Gasteiger partial charge in [0.1, 0.15) is 0 Å². The minimum absolute atomic E-state index is 0.0161. The van der Waals surface area contributed by atoms with Crippen LogP contribution in [0.1, 0.15) is 25.7 Å². The highest BCUT2D eigenvalue weighted by Crippen LogP contribution is 2.21. The summed E-state index contributed by atoms with van der Waals surface area (Å²) < 4.78 is 22.5. The van der Waals surface area contributed by atoms with Crippen molar-refractivity contribution in [3.8, 4) is 0 Å². The summed E-state index contributed by atoms with van der Waals surface area (Å²) in [6, 6.07) is -0.0202. The van der Waals surface area contributed by atoms with E-state index in [4.69, 9.17) is 0 Å². The van der Waals surface area contributed by atoms with Gasteiger partial charge in [0, 0.05) is 25.4 Å². The first kappa shape index (κ1) is 13.3. The van der Waals surface area contributed by atoms with Gasteiger partial charge in [-0.15, -0.1) is 0 Å². The molecule has 0 saturated carbocycles. The van der Waals surface area contributed by atoms with Crippen molar-refractivity contribution in [1.29, 1.82) is 0 Å². The van der Waals surface area contributed by atoms with Crippen LogP contribution in [0.3, 0.4) is 0 Å². The van der Waals surface area contributed by atoms with Crippen LogP contribution in [0.5, 0.6) is 0 Å². The highest BCUT2D eigenvalue weighted by molar-refractivity contribution is 7.91. The van der Waals surface area contributed by atoms with Gasteiger partial charge in [0.05, 0.1) is 11.5 Å². The Morgan fingerprint density at radius 1 is 1.39 bits per heavy atom. The summed E-state index contributed by atoms with van der Waals surface area (Å²) in [4.78, 5) is 22.7. The van der Waals surface area contributed by atoms with Gasteiger partial charge in [-0.3, -0.25) is 9.59 Å². The summed E-state index contributed by atoms with van der Waals surface area (Å²) in [6.45, 7) is 0.466. The van der Waals surface area contributed by atoms with E-state index in [0.717, 1.165) is 0 Å². The fourth-order valence-electron chi connectivity index (χ4n) is 2.44. The summed E-state index contributed by atoms with van der Waals surface area (Å²) in [7, 11) is -2.92. The van der Waals surface area contributed by atoms with Gasteiger partial charge in [0.15, 0.2) is 9.84 Å². The molecule has 2 atom stereocenters. The molecule has 0 spiro atoms. The minimum atomic E-state index is -2.92. The third-order valence-electron chi connectivity index (χ3n) is 3.43. The minimum Gasteiger partial charge on any atom is -0.354 e. The maximum absolute atomic E-state index is 11.7. The van der Waals surface area contributed by atoms with E-state index in [1.54, 1.807) is 0 Å². The van der Waals surface area contributed by atoms with Gasteiger partial charge in [0.2, 0.25) is 11.8 Å². The van der Waals surface area contributed by atoms with Crippen molar-refractivity contribution >= 4 is 21.7 Å². The number of piperidine rings is 1. The van der Waals surface area contributed by atoms with Crippen LogP contribution in [0.25, 0.3) is 0 Å². The molecule has 0 radical (unpaired) electrons. The van der Waals surface area contributed by atoms with Crippen LogP contribution in [0, 0.1) is 5.92 Å². The van der Waals surface area contributed by atoms with E-state index in [9.17, 15) is 18.0 Å². The van der Waals surface area contributed by atoms with Gasteiger partial charge in [-0.05, 0) is 18.8 Å². The number of hydrogen-bond acceptors (Lipinski definition) is 4. The molecule has 0 aromatic heterocycles. The topological polar surface area (TPSA) is 92.3 Å². The van der Waals surface area contributed by atoms with E-state index in [1.165, 1.54) is 0 Å². The summed E-state index contributed by atoms with van der Waals surface area (Å²) in [5.74, 6) is 0.181. The third kappa shape index (κ3) is 3.69. The highest BCUT2D eigenvalue weighted by atomic mass is 32.2. The lowest BCUT2D eigenvalue weighted by atomic mass is 10.0. The van der Waals surface area contributed by atoms with Crippen LogP contribution in [-0.4, -0.2) is 44.3 Å². The number of hydrogen-bond donors (Lipinski definition) is 2. The molecule has 2 heterocycles. The second-order valence-electron chi connectivity index (χ2n) is 5.08. The monoisotopic (exact) mass is 274 g/mol. The number of amides is 2. The second kappa shape index (κ2) is 5.26. The summed E-state index contributed by atoms with van der Waals surface area (Å²) in [5.41, 5.74) is 0. The zero-order valence-electron chi connectivity index (χ0n) is 10.1. The van der Waals surface area contributed by atoms with Crippen LogP contribution in [0.2, 0.25) is 0 Å². The Labute approximate surface area is 106 Å². The summed E-state index contributed by atoms with van der Waals surface area (Å²) in [5, 5.41) is 5.54. The zero-order valence-corrected chi connectivity index (χ0v) is 11.0. The molecule has 2 amide bonds. The van der Waals surface area contributed by atoms with E-state index in [1.807, 2.05) is 0 Å². The molecule has 2 aliphatic rings. The lowest BCUT2D eigenvalue weighted by Crippen LogP contribution is -2.48.